The Morgan fingerprint density at radius 3 is 2.39 bits per heavy atom. The molecule has 0 aromatic heterocycles. The van der Waals surface area contributed by atoms with E-state index in [-0.39, 0.29) is 32.7 Å². The highest BCUT2D eigenvalue weighted by molar-refractivity contribution is 5.94. The molecule has 7 unspecified atom stereocenters. The Morgan fingerprint density at radius 2 is 1.73 bits per heavy atom. The normalized spacial score (nSPS) is 31.7. The smallest absolute Gasteiger partial charge is 0.348 e. The van der Waals surface area contributed by atoms with Crippen molar-refractivity contribution in [2.45, 2.75) is 134 Å². The van der Waals surface area contributed by atoms with Crippen LogP contribution in [0, 0.1) is 10.8 Å². The topological polar surface area (TPSA) is 159 Å². The number of unbranched alkanes of at least 4 members (excludes halogenated alkanes) is 4. The Kier molecular flexibility index (Phi) is 11.2. The largest absolute Gasteiger partial charge is 0.462 e. The van der Waals surface area contributed by atoms with Gasteiger partial charge in [0, 0.05) is 37.3 Å². The summed E-state index contributed by atoms with van der Waals surface area (Å²) in [5.74, 6) is -3.15. The molecule has 1 saturated carbocycles. The van der Waals surface area contributed by atoms with Crippen LogP contribution in [0.15, 0.2) is 30.3 Å². The highest BCUT2D eigenvalue weighted by atomic mass is 16.8. The van der Waals surface area contributed by atoms with E-state index in [1.165, 1.54) is 11.1 Å². The van der Waals surface area contributed by atoms with Crippen LogP contribution in [0.25, 0.3) is 6.08 Å². The second-order valence-corrected chi connectivity index (χ2v) is 15.1. The van der Waals surface area contributed by atoms with Gasteiger partial charge in [0.1, 0.15) is 36.4 Å². The minimum Gasteiger partial charge on any atom is -0.462 e. The van der Waals surface area contributed by atoms with Gasteiger partial charge in [-0.3, -0.25) is 14.4 Å². The fraction of sp³-hybridized carbons (Fsp3) is 0.684. The van der Waals surface area contributed by atoms with Gasteiger partial charge in [-0.1, -0.05) is 77.6 Å². The Bertz CT molecular complexity index is 1490. The number of carbonyl (C=O) groups excluding carboxylic acids is 4. The van der Waals surface area contributed by atoms with Crippen LogP contribution in [0.2, 0.25) is 0 Å². The first-order chi connectivity index (χ1) is 24.5. The summed E-state index contributed by atoms with van der Waals surface area (Å²) in [6.07, 6.45) is 6.47. The number of rotatable bonds is 16. The van der Waals surface area contributed by atoms with Gasteiger partial charge < -0.3 is 34.1 Å². The van der Waals surface area contributed by atoms with Crippen LogP contribution < -0.4 is 5.32 Å². The fourth-order valence-corrected chi connectivity index (χ4v) is 8.29. The third kappa shape index (κ3) is 7.20. The molecule has 1 aromatic rings. The number of amides is 1. The van der Waals surface area contributed by atoms with E-state index in [1.807, 2.05) is 18.2 Å². The van der Waals surface area contributed by atoms with E-state index < -0.39 is 77.0 Å². The molecule has 0 spiro atoms. The van der Waals surface area contributed by atoms with E-state index in [2.05, 4.69) is 19.2 Å². The van der Waals surface area contributed by atoms with Gasteiger partial charge in [0.05, 0.1) is 13.2 Å². The van der Waals surface area contributed by atoms with Crippen molar-refractivity contribution >= 4 is 29.9 Å². The molecule has 5 fully saturated rings. The van der Waals surface area contributed by atoms with Crippen LogP contribution >= 0.6 is 0 Å². The summed E-state index contributed by atoms with van der Waals surface area (Å²) in [5, 5.41) is 13.9. The number of fused-ring (bicyclic) bond motifs is 4. The van der Waals surface area contributed by atoms with Crippen molar-refractivity contribution in [1.29, 1.82) is 0 Å². The van der Waals surface area contributed by atoms with E-state index in [4.69, 9.17) is 28.5 Å². The molecule has 1 amide bonds. The van der Waals surface area contributed by atoms with E-state index >= 15 is 0 Å². The predicted molar refractivity (Wildman–Crippen MR) is 182 cm³/mol. The lowest BCUT2D eigenvalue weighted by atomic mass is 9.62. The summed E-state index contributed by atoms with van der Waals surface area (Å²) < 4.78 is 30.3. The predicted octanol–water partition coefficient (Wildman–Crippen LogP) is 3.74. The number of ether oxygens (including phenoxy) is 5. The molecular formula is C38H52N2O11. The Morgan fingerprint density at radius 1 is 1.02 bits per heavy atom. The molecule has 51 heavy (non-hydrogen) atoms. The first-order valence-electron chi connectivity index (χ1n) is 18.5. The van der Waals surface area contributed by atoms with Gasteiger partial charge in [-0.25, -0.2) is 9.59 Å². The summed E-state index contributed by atoms with van der Waals surface area (Å²) in [4.78, 5) is 59.8. The Balaban J connectivity index is 1.28. The summed E-state index contributed by atoms with van der Waals surface area (Å²) in [6, 6.07) is 6.18. The summed E-state index contributed by atoms with van der Waals surface area (Å²) in [6.45, 7) is 7.87. The quantitative estimate of drug-likeness (QED) is 0.111. The minimum atomic E-state index is -1.36. The van der Waals surface area contributed by atoms with Crippen LogP contribution in [-0.4, -0.2) is 96.1 Å². The van der Waals surface area contributed by atoms with Gasteiger partial charge in [-0.05, 0) is 30.0 Å². The maximum atomic E-state index is 14.2. The van der Waals surface area contributed by atoms with Crippen LogP contribution in [0.3, 0.4) is 0 Å². The van der Waals surface area contributed by atoms with Crippen LogP contribution in [0.5, 0.6) is 0 Å². The maximum absolute atomic E-state index is 14.2. The van der Waals surface area contributed by atoms with Crippen LogP contribution in [0.1, 0.15) is 96.6 Å². The zero-order valence-corrected chi connectivity index (χ0v) is 30.1. The Hall–Kier alpha value is -3.36. The molecule has 4 aliphatic heterocycles. The van der Waals surface area contributed by atoms with E-state index in [0.29, 0.717) is 24.0 Å². The number of hydrogen-bond donors (Lipinski definition) is 2. The standard InChI is InChI=1S/C38H52N2O11/c1-5-7-11-17-37(18-12-8-6-2)49-28-26-21-38(35(45)39-19-20-41)30(33(43)47-26)40(51-31(38)29(28)50-37)22-25-14-10-9-13-24(25)15-16-27(42)48-32-34(44)46-23-36(32,3)4/h9-10,13-16,26,28-32,41H,5-8,11-12,17-23H2,1-4H3,(H,39,45). The molecule has 6 rings (SSSR count). The first kappa shape index (κ1) is 37.4. The summed E-state index contributed by atoms with van der Waals surface area (Å²) in [5.41, 5.74) is -0.658. The SMILES string of the molecule is CCCCCC1(CCCCC)OC2C3CC4(C(=O)NCCO)C(ON(Cc5ccccc5C=CC(=O)OC5C(=O)OCC5(C)C)C4C(=O)O3)C2O1. The molecule has 13 nitrogen and oxygen atoms in total. The van der Waals surface area contributed by atoms with Gasteiger partial charge in [-0.15, -0.1) is 0 Å². The monoisotopic (exact) mass is 712 g/mol. The number of cyclic esters (lactones) is 1. The molecule has 4 saturated heterocycles. The van der Waals surface area contributed by atoms with Gasteiger partial charge in [-0.2, -0.15) is 5.06 Å². The van der Waals surface area contributed by atoms with Crippen molar-refractivity contribution in [1.82, 2.24) is 10.4 Å². The molecule has 0 radical (unpaired) electrons. The number of nitrogens with zero attached hydrogens (tertiary/aromatic N) is 1. The van der Waals surface area contributed by atoms with Crippen LogP contribution in [-0.2, 0) is 54.2 Å². The lowest BCUT2D eigenvalue weighted by molar-refractivity contribution is -0.224. The number of carbonyl (C=O) groups is 4. The zero-order valence-electron chi connectivity index (χ0n) is 30.1. The number of esters is 3. The van der Waals surface area contributed by atoms with E-state index in [0.717, 1.165) is 38.5 Å². The second kappa shape index (κ2) is 15.3. The number of hydroxylamine groups is 2. The number of aliphatic hydroxyl groups excluding tert-OH is 1. The molecule has 1 aliphatic carbocycles. The van der Waals surface area contributed by atoms with Crippen molar-refractivity contribution < 1.29 is 52.8 Å². The highest BCUT2D eigenvalue weighted by Crippen LogP contribution is 2.58. The number of benzene rings is 1. The fourth-order valence-electron chi connectivity index (χ4n) is 8.29. The summed E-state index contributed by atoms with van der Waals surface area (Å²) >= 11 is 0. The first-order valence-corrected chi connectivity index (χ1v) is 18.5. The lowest BCUT2D eigenvalue weighted by Crippen LogP contribution is -2.69. The van der Waals surface area contributed by atoms with Gasteiger partial charge in [0.25, 0.3) is 0 Å². The molecule has 1 aromatic carbocycles. The average molecular weight is 713 g/mol. The van der Waals surface area contributed by atoms with Crippen molar-refractivity contribution in [3.8, 4) is 0 Å². The van der Waals surface area contributed by atoms with Crippen molar-refractivity contribution in [2.24, 2.45) is 10.8 Å². The van der Waals surface area contributed by atoms with Gasteiger partial charge in [0.15, 0.2) is 11.8 Å². The molecule has 5 aliphatic rings. The van der Waals surface area contributed by atoms with Gasteiger partial charge >= 0.3 is 17.9 Å². The molecule has 13 heteroatoms. The van der Waals surface area contributed by atoms with E-state index in [9.17, 15) is 24.3 Å². The van der Waals surface area contributed by atoms with Gasteiger partial charge in [0.2, 0.25) is 12.0 Å². The second-order valence-electron chi connectivity index (χ2n) is 15.1. The van der Waals surface area contributed by atoms with Crippen LogP contribution in [0.4, 0.5) is 0 Å². The third-order valence-corrected chi connectivity index (χ3v) is 10.9. The van der Waals surface area contributed by atoms with Crippen molar-refractivity contribution in [3.63, 3.8) is 0 Å². The third-order valence-electron chi connectivity index (χ3n) is 10.9. The number of nitrogens with one attached hydrogen (secondary N) is 1. The molecule has 2 bridgehead atoms. The zero-order chi connectivity index (χ0) is 36.4. The number of aliphatic hydroxyl groups is 1. The molecule has 4 heterocycles. The summed E-state index contributed by atoms with van der Waals surface area (Å²) in [7, 11) is 0. The molecule has 280 valence electrons. The highest BCUT2D eigenvalue weighted by Gasteiger charge is 2.76. The molecular weight excluding hydrogens is 660 g/mol. The minimum absolute atomic E-state index is 0.0165. The molecule has 7 atom stereocenters. The number of hydrogen-bond acceptors (Lipinski definition) is 12. The lowest BCUT2D eigenvalue weighted by Gasteiger charge is -2.48. The molecule has 2 N–H and O–H groups in total. The van der Waals surface area contributed by atoms with Crippen molar-refractivity contribution in [3.05, 3.63) is 41.5 Å². The van der Waals surface area contributed by atoms with E-state index in [1.54, 1.807) is 26.0 Å². The van der Waals surface area contributed by atoms with Crippen molar-refractivity contribution in [2.75, 3.05) is 19.8 Å². The Labute approximate surface area is 299 Å². The maximum Gasteiger partial charge on any atom is 0.348 e. The average Bonchev–Trinajstić information content (AvgIpc) is 3.74.